The summed E-state index contributed by atoms with van der Waals surface area (Å²) in [5.74, 6) is 0.549. The molecule has 5 nitrogen and oxygen atoms in total. The van der Waals surface area contributed by atoms with Crippen molar-refractivity contribution < 1.29 is 19.1 Å². The fourth-order valence-electron chi connectivity index (χ4n) is 4.18. The molecule has 0 aromatic carbocycles. The van der Waals surface area contributed by atoms with E-state index in [-0.39, 0.29) is 35.9 Å². The van der Waals surface area contributed by atoms with E-state index in [0.29, 0.717) is 25.9 Å². The van der Waals surface area contributed by atoms with E-state index in [2.05, 4.69) is 41.5 Å². The second-order valence-electron chi connectivity index (χ2n) is 9.51. The molecule has 0 N–H and O–H groups in total. The lowest BCUT2D eigenvalue weighted by atomic mass is 9.72. The fraction of sp³-hybridized carbons (Fsp3) is 0.909. The van der Waals surface area contributed by atoms with Crippen molar-refractivity contribution in [3.05, 3.63) is 0 Å². The van der Waals surface area contributed by atoms with Gasteiger partial charge in [-0.1, -0.05) is 48.5 Å². The van der Waals surface area contributed by atoms with Gasteiger partial charge in [-0.05, 0) is 38.0 Å². The summed E-state index contributed by atoms with van der Waals surface area (Å²) in [5.41, 5.74) is -0.937. The van der Waals surface area contributed by atoms with Crippen LogP contribution in [0.1, 0.15) is 81.6 Å². The van der Waals surface area contributed by atoms with E-state index in [4.69, 9.17) is 9.47 Å². The Kier molecular flexibility index (Phi) is 8.18. The summed E-state index contributed by atoms with van der Waals surface area (Å²) in [5, 5.41) is 0. The molecule has 27 heavy (non-hydrogen) atoms. The highest BCUT2D eigenvalue weighted by atomic mass is 16.6. The quantitative estimate of drug-likeness (QED) is 0.562. The number of nitrogens with zero attached hydrogens (tertiary/aromatic N) is 1. The predicted molar refractivity (Wildman–Crippen MR) is 108 cm³/mol. The predicted octanol–water partition coefficient (Wildman–Crippen LogP) is 5.27. The first kappa shape index (κ1) is 23.8. The minimum absolute atomic E-state index is 0.113. The number of likely N-dealkylation sites (tertiary alicyclic amines) is 1. The number of rotatable bonds is 7. The van der Waals surface area contributed by atoms with E-state index in [0.717, 1.165) is 6.42 Å². The van der Waals surface area contributed by atoms with Crippen molar-refractivity contribution in [2.24, 2.45) is 23.2 Å². The van der Waals surface area contributed by atoms with Crippen molar-refractivity contribution in [1.29, 1.82) is 0 Å². The summed E-state index contributed by atoms with van der Waals surface area (Å²) in [6.45, 7) is 19.6. The van der Waals surface area contributed by atoms with E-state index < -0.39 is 11.0 Å². The van der Waals surface area contributed by atoms with Crippen molar-refractivity contribution in [2.45, 2.75) is 93.3 Å². The van der Waals surface area contributed by atoms with Crippen LogP contribution in [-0.2, 0) is 14.3 Å². The van der Waals surface area contributed by atoms with Crippen LogP contribution in [0.25, 0.3) is 0 Å². The molecule has 0 unspecified atom stereocenters. The number of hydrogen-bond donors (Lipinski definition) is 0. The molecule has 158 valence electrons. The molecule has 1 rings (SSSR count). The molecule has 0 aromatic heterocycles. The van der Waals surface area contributed by atoms with E-state index in [1.165, 1.54) is 0 Å². The van der Waals surface area contributed by atoms with Crippen molar-refractivity contribution in [2.75, 3.05) is 13.1 Å². The normalized spacial score (nSPS) is 17.0. The maximum absolute atomic E-state index is 12.9. The van der Waals surface area contributed by atoms with Gasteiger partial charge in [0.2, 0.25) is 0 Å². The lowest BCUT2D eigenvalue weighted by molar-refractivity contribution is -0.162. The third-order valence-corrected chi connectivity index (χ3v) is 6.38. The maximum atomic E-state index is 12.9. The third-order valence-electron chi connectivity index (χ3n) is 6.38. The van der Waals surface area contributed by atoms with Gasteiger partial charge in [-0.2, -0.15) is 0 Å². The van der Waals surface area contributed by atoms with Gasteiger partial charge in [0.25, 0.3) is 0 Å². The fourth-order valence-corrected chi connectivity index (χ4v) is 4.18. The molecule has 1 aliphatic heterocycles. The van der Waals surface area contributed by atoms with Gasteiger partial charge in [0, 0.05) is 25.9 Å². The minimum Gasteiger partial charge on any atom is -0.462 e. The van der Waals surface area contributed by atoms with Gasteiger partial charge in [-0.15, -0.1) is 0 Å². The molecule has 0 aromatic rings. The van der Waals surface area contributed by atoms with Gasteiger partial charge in [-0.25, -0.2) is 4.79 Å². The topological polar surface area (TPSA) is 55.8 Å². The SMILES string of the molecule is CCC(C)(C)C(=O)OC1CCN(C(=O)OC(C(C)C)(C(C)C)C(C)C)CC1. The number of amides is 1. The highest BCUT2D eigenvalue weighted by molar-refractivity contribution is 5.76. The molecule has 0 atom stereocenters. The molecule has 1 saturated heterocycles. The number of ether oxygens (including phenoxy) is 2. The standard InChI is InChI=1S/C22H41NO4/c1-10-21(8,9)19(24)26-18-11-13-23(14-12-18)20(25)27-22(15(2)3,16(4)5)17(6)7/h15-18H,10-14H2,1-9H3. The zero-order chi connectivity index (χ0) is 21.0. The summed E-state index contributed by atoms with van der Waals surface area (Å²) < 4.78 is 11.8. The first-order valence-electron chi connectivity index (χ1n) is 10.6. The molecule has 5 heteroatoms. The number of piperidine rings is 1. The molecule has 0 spiro atoms. The molecule has 0 saturated carbocycles. The second kappa shape index (κ2) is 9.29. The number of carbonyl (C=O) groups excluding carboxylic acids is 2. The minimum atomic E-state index is -0.481. The van der Waals surface area contributed by atoms with Crippen molar-refractivity contribution in [3.8, 4) is 0 Å². The van der Waals surface area contributed by atoms with Crippen LogP contribution in [-0.4, -0.2) is 41.8 Å². The zero-order valence-corrected chi connectivity index (χ0v) is 18.9. The molecular weight excluding hydrogens is 342 g/mol. The Bertz CT molecular complexity index is 481. The lowest BCUT2D eigenvalue weighted by Gasteiger charge is -2.45. The van der Waals surface area contributed by atoms with E-state index in [1.807, 2.05) is 20.8 Å². The first-order valence-corrected chi connectivity index (χ1v) is 10.6. The Balaban J connectivity index is 2.69. The molecule has 1 aliphatic rings. The van der Waals surface area contributed by atoms with Crippen LogP contribution in [0.5, 0.6) is 0 Å². The van der Waals surface area contributed by atoms with Gasteiger partial charge >= 0.3 is 12.1 Å². The Morgan fingerprint density at radius 2 is 1.41 bits per heavy atom. The van der Waals surface area contributed by atoms with Crippen molar-refractivity contribution in [1.82, 2.24) is 4.90 Å². The summed E-state index contributed by atoms with van der Waals surface area (Å²) in [6, 6.07) is 0. The van der Waals surface area contributed by atoms with Gasteiger partial charge in [0.1, 0.15) is 11.7 Å². The van der Waals surface area contributed by atoms with Gasteiger partial charge in [-0.3, -0.25) is 4.79 Å². The van der Waals surface area contributed by atoms with E-state index in [9.17, 15) is 9.59 Å². The molecule has 0 aliphatic carbocycles. The van der Waals surface area contributed by atoms with Crippen LogP contribution in [0.4, 0.5) is 4.79 Å². The number of carbonyl (C=O) groups is 2. The highest BCUT2D eigenvalue weighted by Gasteiger charge is 2.45. The van der Waals surface area contributed by atoms with Crippen LogP contribution in [0, 0.1) is 23.2 Å². The van der Waals surface area contributed by atoms with Crippen LogP contribution >= 0.6 is 0 Å². The van der Waals surface area contributed by atoms with E-state index >= 15 is 0 Å². The Hall–Kier alpha value is -1.26. The Morgan fingerprint density at radius 3 is 1.78 bits per heavy atom. The van der Waals surface area contributed by atoms with Crippen LogP contribution in [0.3, 0.4) is 0 Å². The van der Waals surface area contributed by atoms with Crippen molar-refractivity contribution >= 4 is 12.1 Å². The molecule has 1 amide bonds. The van der Waals surface area contributed by atoms with Gasteiger partial charge in [0.05, 0.1) is 5.41 Å². The lowest BCUT2D eigenvalue weighted by Crippen LogP contribution is -2.53. The first-order chi connectivity index (χ1) is 12.4. The van der Waals surface area contributed by atoms with E-state index in [1.54, 1.807) is 4.90 Å². The van der Waals surface area contributed by atoms with Crippen LogP contribution < -0.4 is 0 Å². The smallest absolute Gasteiger partial charge is 0.410 e. The molecule has 1 heterocycles. The second-order valence-corrected chi connectivity index (χ2v) is 9.51. The summed E-state index contributed by atoms with van der Waals surface area (Å²) in [7, 11) is 0. The summed E-state index contributed by atoms with van der Waals surface area (Å²) >= 11 is 0. The van der Waals surface area contributed by atoms with Crippen molar-refractivity contribution in [3.63, 3.8) is 0 Å². The molecule has 0 radical (unpaired) electrons. The molecular formula is C22H41NO4. The van der Waals surface area contributed by atoms with Gasteiger partial charge in [0.15, 0.2) is 0 Å². The average Bonchev–Trinajstić information content (AvgIpc) is 2.58. The third kappa shape index (κ3) is 5.39. The average molecular weight is 384 g/mol. The largest absolute Gasteiger partial charge is 0.462 e. The Labute approximate surface area is 166 Å². The van der Waals surface area contributed by atoms with Gasteiger partial charge < -0.3 is 14.4 Å². The van der Waals surface area contributed by atoms with Crippen LogP contribution in [0.15, 0.2) is 0 Å². The number of esters is 1. The zero-order valence-electron chi connectivity index (χ0n) is 18.9. The highest BCUT2D eigenvalue weighted by Crippen LogP contribution is 2.38. The van der Waals surface area contributed by atoms with Crippen LogP contribution in [0.2, 0.25) is 0 Å². The maximum Gasteiger partial charge on any atom is 0.410 e. The summed E-state index contributed by atoms with van der Waals surface area (Å²) in [6.07, 6.45) is 1.72. The molecule has 1 fully saturated rings. The monoisotopic (exact) mass is 383 g/mol. The number of hydrogen-bond acceptors (Lipinski definition) is 4. The molecule has 0 bridgehead atoms. The summed E-state index contributed by atoms with van der Waals surface area (Å²) in [4.78, 5) is 26.9. The Morgan fingerprint density at radius 1 is 0.963 bits per heavy atom.